The number of benzene rings is 1. The van der Waals surface area contributed by atoms with Crippen LogP contribution < -0.4 is 0 Å². The van der Waals surface area contributed by atoms with Crippen LogP contribution in [0.4, 0.5) is 0 Å². The van der Waals surface area contributed by atoms with Crippen molar-refractivity contribution in [2.75, 3.05) is 27.3 Å². The maximum absolute atomic E-state index is 13.8. The van der Waals surface area contributed by atoms with Crippen molar-refractivity contribution >= 4 is 16.9 Å². The summed E-state index contributed by atoms with van der Waals surface area (Å²) >= 11 is 0. The van der Waals surface area contributed by atoms with Crippen molar-refractivity contribution in [1.82, 2.24) is 4.98 Å². The second-order valence-electron chi connectivity index (χ2n) is 8.00. The molecule has 2 aliphatic rings. The number of hydrogen-bond acceptors (Lipinski definition) is 4. The molecule has 4 atom stereocenters. The van der Waals surface area contributed by atoms with Crippen molar-refractivity contribution in [2.24, 2.45) is 11.8 Å². The summed E-state index contributed by atoms with van der Waals surface area (Å²) in [6.45, 7) is 3.19. The molecule has 0 saturated carbocycles. The zero-order valence-corrected chi connectivity index (χ0v) is 16.7. The number of hydroxylamine groups is 3. The largest absolute Gasteiger partial charge is 0.632 e. The van der Waals surface area contributed by atoms with Gasteiger partial charge in [0.25, 0.3) is 0 Å². The molecule has 28 heavy (non-hydrogen) atoms. The highest BCUT2D eigenvalue weighted by Crippen LogP contribution is 2.49. The van der Waals surface area contributed by atoms with E-state index in [1.54, 1.807) is 0 Å². The van der Waals surface area contributed by atoms with Gasteiger partial charge in [-0.3, -0.25) is 0 Å². The minimum absolute atomic E-state index is 0.0556. The highest BCUT2D eigenvalue weighted by Gasteiger charge is 2.48. The van der Waals surface area contributed by atoms with Gasteiger partial charge in [-0.05, 0) is 18.1 Å². The number of fused-ring (bicyclic) bond motifs is 5. The predicted molar refractivity (Wildman–Crippen MR) is 107 cm³/mol. The van der Waals surface area contributed by atoms with Gasteiger partial charge in [0.15, 0.2) is 0 Å². The van der Waals surface area contributed by atoms with Gasteiger partial charge >= 0.3 is 5.97 Å². The lowest BCUT2D eigenvalue weighted by Gasteiger charge is -2.57. The zero-order valence-electron chi connectivity index (χ0n) is 16.7. The van der Waals surface area contributed by atoms with Crippen molar-refractivity contribution < 1.29 is 18.9 Å². The van der Waals surface area contributed by atoms with Crippen LogP contribution in [0.3, 0.4) is 0 Å². The third-order valence-corrected chi connectivity index (χ3v) is 6.67. The standard InChI is InChI=1S/C22H28N2O4/c1-4-14-12-24(26)10-9-16-15-7-5-6-8-19(15)23-21(16)20(24)11-17(14)18(13-27-2)22(25)28-3/h5-8,13-14,17,20,23H,4,9-12H2,1-3H3/b18-13+/t14-,17+,20+,24+/m1/s1. The van der Waals surface area contributed by atoms with Crippen molar-refractivity contribution in [1.29, 1.82) is 0 Å². The average molecular weight is 384 g/mol. The fraction of sp³-hybridized carbons (Fsp3) is 0.500. The maximum Gasteiger partial charge on any atom is 0.337 e. The normalized spacial score (nSPS) is 29.9. The molecule has 0 bridgehead atoms. The molecule has 1 fully saturated rings. The molecule has 2 aliphatic heterocycles. The second kappa shape index (κ2) is 7.26. The maximum atomic E-state index is 13.8. The number of quaternary nitrogens is 1. The van der Waals surface area contributed by atoms with Crippen LogP contribution in [0.15, 0.2) is 36.1 Å². The van der Waals surface area contributed by atoms with E-state index in [1.807, 2.05) is 12.1 Å². The summed E-state index contributed by atoms with van der Waals surface area (Å²) < 4.78 is 10.00. The second-order valence-corrected chi connectivity index (χ2v) is 8.00. The van der Waals surface area contributed by atoms with Crippen LogP contribution in [-0.2, 0) is 20.7 Å². The smallest absolute Gasteiger partial charge is 0.337 e. The number of ether oxygens (including phenoxy) is 2. The van der Waals surface area contributed by atoms with Gasteiger partial charge in [0.1, 0.15) is 6.04 Å². The molecule has 6 nitrogen and oxygen atoms in total. The molecule has 0 spiro atoms. The number of nitrogens with zero attached hydrogens (tertiary/aromatic N) is 1. The summed E-state index contributed by atoms with van der Waals surface area (Å²) in [4.78, 5) is 16.0. The van der Waals surface area contributed by atoms with Crippen LogP contribution in [0.5, 0.6) is 0 Å². The molecular formula is C22H28N2O4. The topological polar surface area (TPSA) is 74.4 Å². The van der Waals surface area contributed by atoms with Crippen molar-refractivity contribution in [2.45, 2.75) is 32.2 Å². The van der Waals surface area contributed by atoms with Crippen LogP contribution in [-0.4, -0.2) is 42.9 Å². The molecule has 1 aromatic heterocycles. The van der Waals surface area contributed by atoms with Crippen LogP contribution >= 0.6 is 0 Å². The first-order chi connectivity index (χ1) is 13.5. The molecule has 1 N–H and O–H groups in total. The molecule has 2 aromatic rings. The average Bonchev–Trinajstić information content (AvgIpc) is 3.09. The molecule has 4 rings (SSSR count). The summed E-state index contributed by atoms with van der Waals surface area (Å²) in [5.41, 5.74) is 3.92. The number of carbonyl (C=O) groups is 1. The monoisotopic (exact) mass is 384 g/mol. The van der Waals surface area contributed by atoms with Gasteiger partial charge in [0, 0.05) is 35.6 Å². The Morgan fingerprint density at radius 1 is 1.36 bits per heavy atom. The first-order valence-corrected chi connectivity index (χ1v) is 10.0. The first kappa shape index (κ1) is 19.0. The lowest BCUT2D eigenvalue weighted by Crippen LogP contribution is -2.57. The van der Waals surface area contributed by atoms with E-state index in [4.69, 9.17) is 9.47 Å². The molecule has 0 aliphatic carbocycles. The Hall–Kier alpha value is -2.31. The fourth-order valence-corrected chi connectivity index (χ4v) is 5.28. The van der Waals surface area contributed by atoms with Gasteiger partial charge in [-0.15, -0.1) is 0 Å². The number of esters is 1. The highest BCUT2D eigenvalue weighted by molar-refractivity contribution is 5.89. The molecule has 0 unspecified atom stereocenters. The highest BCUT2D eigenvalue weighted by atomic mass is 16.5. The van der Waals surface area contributed by atoms with E-state index in [9.17, 15) is 10.0 Å². The predicted octanol–water partition coefficient (Wildman–Crippen LogP) is 3.83. The molecular weight excluding hydrogens is 356 g/mol. The number of methoxy groups -OCH3 is 2. The van der Waals surface area contributed by atoms with Gasteiger partial charge in [0.2, 0.25) is 0 Å². The van der Waals surface area contributed by atoms with Crippen molar-refractivity contribution in [3.63, 3.8) is 0 Å². The van der Waals surface area contributed by atoms with Gasteiger partial charge in [-0.25, -0.2) is 4.79 Å². The van der Waals surface area contributed by atoms with E-state index in [-0.39, 0.29) is 28.5 Å². The number of piperidine rings is 1. The van der Waals surface area contributed by atoms with Gasteiger partial charge in [-0.2, -0.15) is 0 Å². The number of hydrogen-bond donors (Lipinski definition) is 1. The lowest BCUT2D eigenvalue weighted by atomic mass is 9.73. The van der Waals surface area contributed by atoms with Crippen molar-refractivity contribution in [3.8, 4) is 0 Å². The van der Waals surface area contributed by atoms with E-state index in [0.29, 0.717) is 25.1 Å². The number of aromatic nitrogens is 1. The summed E-state index contributed by atoms with van der Waals surface area (Å²) in [5.74, 6) is -0.302. The summed E-state index contributed by atoms with van der Waals surface area (Å²) in [6, 6.07) is 8.03. The fourth-order valence-electron chi connectivity index (χ4n) is 5.28. The Balaban J connectivity index is 1.78. The summed E-state index contributed by atoms with van der Waals surface area (Å²) in [5, 5.41) is 15.0. The molecule has 1 saturated heterocycles. The molecule has 150 valence electrons. The van der Waals surface area contributed by atoms with E-state index in [0.717, 1.165) is 24.1 Å². The number of H-pyrrole nitrogens is 1. The number of rotatable bonds is 4. The first-order valence-electron chi connectivity index (χ1n) is 10.0. The summed E-state index contributed by atoms with van der Waals surface area (Å²) in [7, 11) is 2.93. The van der Waals surface area contributed by atoms with Crippen LogP contribution in [0.1, 0.15) is 37.1 Å². The van der Waals surface area contributed by atoms with E-state index in [2.05, 4.69) is 24.0 Å². The number of nitrogens with one attached hydrogen (secondary N) is 1. The molecule has 3 heterocycles. The van der Waals surface area contributed by atoms with Gasteiger partial charge in [0.05, 0.1) is 44.8 Å². The van der Waals surface area contributed by atoms with Crippen molar-refractivity contribution in [3.05, 3.63) is 52.6 Å². The lowest BCUT2D eigenvalue weighted by molar-refractivity contribution is -0.924. The third kappa shape index (κ3) is 2.91. The van der Waals surface area contributed by atoms with Gasteiger partial charge < -0.3 is 24.3 Å². The Kier molecular flexibility index (Phi) is 4.93. The van der Waals surface area contributed by atoms with Crippen LogP contribution in [0.2, 0.25) is 0 Å². The molecule has 6 heteroatoms. The van der Waals surface area contributed by atoms with Crippen LogP contribution in [0.25, 0.3) is 10.9 Å². The molecule has 0 amide bonds. The van der Waals surface area contributed by atoms with E-state index >= 15 is 0 Å². The molecule has 0 radical (unpaired) electrons. The zero-order chi connectivity index (χ0) is 19.9. The molecule has 1 aromatic carbocycles. The minimum Gasteiger partial charge on any atom is -0.632 e. The third-order valence-electron chi connectivity index (χ3n) is 6.67. The minimum atomic E-state index is -0.371. The van der Waals surface area contributed by atoms with Gasteiger partial charge in [-0.1, -0.05) is 25.1 Å². The summed E-state index contributed by atoms with van der Waals surface area (Å²) in [6.07, 6.45) is 3.75. The Labute approximate surface area is 165 Å². The quantitative estimate of drug-likeness (QED) is 0.286. The Morgan fingerprint density at radius 3 is 2.86 bits per heavy atom. The SMILES string of the molecule is CC[C@@H]1C[N@@+]2([O-])CCc3c([nH]c4ccccc34)[C@@H]2C[C@@H]1/C(=C\OC)C(=O)OC. The van der Waals surface area contributed by atoms with Crippen LogP contribution in [0, 0.1) is 17.0 Å². The number of carbonyl (C=O) groups excluding carboxylic acids is 1. The number of aromatic amines is 1. The Bertz CT molecular complexity index is 918. The van der Waals surface area contributed by atoms with E-state index in [1.165, 1.54) is 31.4 Å². The number of para-hydroxylation sites is 1. The van der Waals surface area contributed by atoms with E-state index < -0.39 is 0 Å². The Morgan fingerprint density at radius 2 is 2.14 bits per heavy atom.